The van der Waals surface area contributed by atoms with Crippen molar-refractivity contribution in [2.45, 2.75) is 84.1 Å². The van der Waals surface area contributed by atoms with Crippen LogP contribution in [0, 0.1) is 17.8 Å². The van der Waals surface area contributed by atoms with Crippen LogP contribution in [0.4, 0.5) is 9.59 Å². The molecule has 316 valence electrons. The highest BCUT2D eigenvalue weighted by Crippen LogP contribution is 2.39. The Balaban J connectivity index is 1.16. The minimum atomic E-state index is -0.777. The number of nitrogens with one attached hydrogen (secondary N) is 4. The number of rotatable bonds is 13. The molecule has 0 saturated carbocycles. The van der Waals surface area contributed by atoms with Crippen LogP contribution in [-0.2, 0) is 23.8 Å². The van der Waals surface area contributed by atoms with E-state index in [4.69, 9.17) is 30.8 Å². The van der Waals surface area contributed by atoms with Gasteiger partial charge in [0.25, 0.3) is 0 Å². The number of aromatic amines is 2. The Morgan fingerprint density at radius 2 is 1.34 bits per heavy atom. The molecular formula is C43H55ClN8O7. The molecule has 2 fully saturated rings. The molecule has 4 amide bonds. The van der Waals surface area contributed by atoms with E-state index in [9.17, 15) is 19.2 Å². The zero-order valence-corrected chi connectivity index (χ0v) is 35.6. The standard InChI is InChI=1S/C43H55ClN8O7/c1-23(2)34(48-42(55)58-7)40(53)51-21-26(22-57-6)19-33(51)39-47-36(37(44)50-39)30-16-12-28(13-17-30)27-10-14-29(15-11-27)31-20-45-38(46-31)32-18-9-25(5)52(32)41(54)35(24(3)4)49-43(56)59-8/h10-17,20,23-26,32-35H,9,18-19,21-22H2,1-8H3,(H,45,46)(H,47,50)(H,48,55)(H,49,56)/t25-,26-,32-,33-,34-,35-/m0/s1. The van der Waals surface area contributed by atoms with E-state index in [0.29, 0.717) is 42.1 Å². The number of halogens is 1. The van der Waals surface area contributed by atoms with Crippen molar-refractivity contribution < 1.29 is 33.4 Å². The molecule has 0 unspecified atom stereocenters. The molecular weight excluding hydrogens is 776 g/mol. The van der Waals surface area contributed by atoms with Crippen LogP contribution >= 0.6 is 11.6 Å². The summed E-state index contributed by atoms with van der Waals surface area (Å²) < 4.78 is 15.0. The van der Waals surface area contributed by atoms with Gasteiger partial charge in [0.2, 0.25) is 11.8 Å². The van der Waals surface area contributed by atoms with Gasteiger partial charge in [-0.15, -0.1) is 0 Å². The third-order valence-corrected chi connectivity index (χ3v) is 11.7. The Kier molecular flexibility index (Phi) is 13.7. The quantitative estimate of drug-likeness (QED) is 0.109. The van der Waals surface area contributed by atoms with Crippen LogP contribution in [0.15, 0.2) is 54.7 Å². The first-order chi connectivity index (χ1) is 28.2. The van der Waals surface area contributed by atoms with Crippen LogP contribution in [0.5, 0.6) is 0 Å². The van der Waals surface area contributed by atoms with Crippen molar-refractivity contribution in [2.24, 2.45) is 17.8 Å². The molecule has 15 nitrogen and oxygen atoms in total. The van der Waals surface area contributed by atoms with Crippen molar-refractivity contribution in [1.82, 2.24) is 40.4 Å². The van der Waals surface area contributed by atoms with Gasteiger partial charge in [0.1, 0.15) is 23.7 Å². The number of carbonyl (C=O) groups excluding carboxylic acids is 4. The first-order valence-electron chi connectivity index (χ1n) is 20.1. The third-order valence-electron chi connectivity index (χ3n) is 11.4. The lowest BCUT2D eigenvalue weighted by Gasteiger charge is -2.32. The summed E-state index contributed by atoms with van der Waals surface area (Å²) in [5.41, 5.74) is 5.28. The molecule has 0 spiro atoms. The fraction of sp³-hybridized carbons (Fsp3) is 0.488. The number of ether oxygens (including phenoxy) is 3. The van der Waals surface area contributed by atoms with Crippen LogP contribution in [0.3, 0.4) is 0 Å². The number of methoxy groups -OCH3 is 3. The zero-order chi connectivity index (χ0) is 42.5. The predicted octanol–water partition coefficient (Wildman–Crippen LogP) is 7.14. The largest absolute Gasteiger partial charge is 0.453 e. The Morgan fingerprint density at radius 1 is 0.780 bits per heavy atom. The molecule has 4 N–H and O–H groups in total. The second kappa shape index (κ2) is 18.7. The second-order valence-corrected chi connectivity index (χ2v) is 16.4. The number of imidazole rings is 2. The molecule has 2 aliphatic rings. The molecule has 0 bridgehead atoms. The summed E-state index contributed by atoms with van der Waals surface area (Å²) in [7, 11) is 4.20. The van der Waals surface area contributed by atoms with E-state index < -0.39 is 30.3 Å². The molecule has 2 aromatic heterocycles. The van der Waals surface area contributed by atoms with Crippen LogP contribution < -0.4 is 10.6 Å². The van der Waals surface area contributed by atoms with E-state index in [-0.39, 0.29) is 41.7 Å². The maximum absolute atomic E-state index is 13.9. The highest BCUT2D eigenvalue weighted by molar-refractivity contribution is 6.31. The molecule has 4 heterocycles. The maximum Gasteiger partial charge on any atom is 0.407 e. The average Bonchev–Trinajstić information content (AvgIpc) is 4.04. The van der Waals surface area contributed by atoms with Crippen molar-refractivity contribution >= 4 is 35.6 Å². The van der Waals surface area contributed by atoms with Crippen molar-refractivity contribution in [1.29, 1.82) is 0 Å². The van der Waals surface area contributed by atoms with Gasteiger partial charge in [-0.05, 0) is 54.7 Å². The predicted molar refractivity (Wildman–Crippen MR) is 223 cm³/mol. The maximum atomic E-state index is 13.9. The van der Waals surface area contributed by atoms with E-state index in [0.717, 1.165) is 40.8 Å². The van der Waals surface area contributed by atoms with Gasteiger partial charge in [-0.3, -0.25) is 9.59 Å². The fourth-order valence-corrected chi connectivity index (χ4v) is 8.43. The van der Waals surface area contributed by atoms with Gasteiger partial charge in [-0.1, -0.05) is 87.8 Å². The monoisotopic (exact) mass is 830 g/mol. The number of aromatic nitrogens is 4. The molecule has 0 aliphatic carbocycles. The normalized spacial score (nSPS) is 20.2. The summed E-state index contributed by atoms with van der Waals surface area (Å²) in [6.45, 7) is 10.5. The lowest BCUT2D eigenvalue weighted by molar-refractivity contribution is -0.137. The molecule has 0 radical (unpaired) electrons. The van der Waals surface area contributed by atoms with Crippen LogP contribution in [0.2, 0.25) is 5.15 Å². The number of hydrogen-bond acceptors (Lipinski definition) is 9. The molecule has 6 atom stereocenters. The number of alkyl carbamates (subject to hydrolysis) is 2. The summed E-state index contributed by atoms with van der Waals surface area (Å²) in [5, 5.41) is 5.70. The summed E-state index contributed by atoms with van der Waals surface area (Å²) in [4.78, 5) is 71.6. The second-order valence-electron chi connectivity index (χ2n) is 16.1. The van der Waals surface area contributed by atoms with Gasteiger partial charge in [-0.2, -0.15) is 0 Å². The number of benzene rings is 2. The minimum absolute atomic E-state index is 0.0122. The Morgan fingerprint density at radius 3 is 1.90 bits per heavy atom. The summed E-state index contributed by atoms with van der Waals surface area (Å²) >= 11 is 6.75. The fourth-order valence-electron chi connectivity index (χ4n) is 8.19. The van der Waals surface area contributed by atoms with Gasteiger partial charge in [0.05, 0.1) is 50.5 Å². The van der Waals surface area contributed by atoms with Crippen molar-refractivity contribution in [3.63, 3.8) is 0 Å². The summed E-state index contributed by atoms with van der Waals surface area (Å²) in [6.07, 6.45) is 2.69. The van der Waals surface area contributed by atoms with E-state index in [2.05, 4.69) is 25.6 Å². The summed E-state index contributed by atoms with van der Waals surface area (Å²) in [5.74, 6) is 0.667. The van der Waals surface area contributed by atoms with Gasteiger partial charge < -0.3 is 44.6 Å². The molecule has 4 aromatic rings. The lowest BCUT2D eigenvalue weighted by Crippen LogP contribution is -2.52. The number of hydrogen-bond donors (Lipinski definition) is 4. The molecule has 59 heavy (non-hydrogen) atoms. The van der Waals surface area contributed by atoms with Gasteiger partial charge in [0, 0.05) is 31.2 Å². The molecule has 2 saturated heterocycles. The van der Waals surface area contributed by atoms with Crippen molar-refractivity contribution in [3.05, 3.63) is 71.5 Å². The summed E-state index contributed by atoms with van der Waals surface area (Å²) in [6, 6.07) is 14.0. The molecule has 2 aromatic carbocycles. The Hall–Kier alpha value is -5.41. The Labute approximate surface area is 349 Å². The van der Waals surface area contributed by atoms with Gasteiger partial charge in [-0.25, -0.2) is 19.6 Å². The van der Waals surface area contributed by atoms with Gasteiger partial charge >= 0.3 is 12.2 Å². The average molecular weight is 831 g/mol. The smallest absolute Gasteiger partial charge is 0.407 e. The zero-order valence-electron chi connectivity index (χ0n) is 34.9. The van der Waals surface area contributed by atoms with E-state index >= 15 is 0 Å². The first-order valence-corrected chi connectivity index (χ1v) is 20.4. The van der Waals surface area contributed by atoms with Crippen LogP contribution in [0.25, 0.3) is 33.6 Å². The highest BCUT2D eigenvalue weighted by Gasteiger charge is 2.43. The van der Waals surface area contributed by atoms with E-state index in [1.165, 1.54) is 14.2 Å². The molecule has 6 rings (SSSR count). The van der Waals surface area contributed by atoms with E-state index in [1.807, 2.05) is 88.0 Å². The third kappa shape index (κ3) is 9.41. The SMILES string of the molecule is COC[C@H]1C[C@@H](c2nc(Cl)c(-c3ccc(-c4ccc(-c5cnc([C@@H]6CC[C@H](C)N6C(=O)[C@@H](NC(=O)OC)C(C)C)[nH]5)cc4)cc3)[nH]2)N(C(=O)[C@@H](NC(=O)OC)C(C)C)C1. The number of likely N-dealkylation sites (tertiary alicyclic amines) is 2. The molecule has 16 heteroatoms. The first kappa shape index (κ1) is 43.2. The number of carbonyl (C=O) groups is 4. The van der Waals surface area contributed by atoms with E-state index in [1.54, 1.807) is 18.2 Å². The number of H-pyrrole nitrogens is 2. The Bertz CT molecular complexity index is 2100. The highest BCUT2D eigenvalue weighted by atomic mass is 35.5. The minimum Gasteiger partial charge on any atom is -0.453 e. The lowest BCUT2D eigenvalue weighted by atomic mass is 10.0. The number of amides is 4. The van der Waals surface area contributed by atoms with Gasteiger partial charge in [0.15, 0.2) is 5.15 Å². The molecule has 2 aliphatic heterocycles. The topological polar surface area (TPSA) is 184 Å². The van der Waals surface area contributed by atoms with Crippen LogP contribution in [-0.4, -0.2) is 106 Å². The van der Waals surface area contributed by atoms with Crippen LogP contribution in [0.1, 0.15) is 77.6 Å². The number of nitrogens with zero attached hydrogens (tertiary/aromatic N) is 4. The van der Waals surface area contributed by atoms with Crippen molar-refractivity contribution in [3.8, 4) is 33.6 Å². The van der Waals surface area contributed by atoms with Crippen molar-refractivity contribution in [2.75, 3.05) is 34.5 Å².